The van der Waals surface area contributed by atoms with Gasteiger partial charge in [-0.2, -0.15) is 0 Å². The van der Waals surface area contributed by atoms with E-state index < -0.39 is 5.82 Å². The highest BCUT2D eigenvalue weighted by atomic mass is 19.1. The molecule has 1 aliphatic rings. The van der Waals surface area contributed by atoms with Crippen molar-refractivity contribution in [2.24, 2.45) is 0 Å². The maximum Gasteiger partial charge on any atom is 0.198 e. The van der Waals surface area contributed by atoms with E-state index >= 15 is 0 Å². The third-order valence-electron chi connectivity index (χ3n) is 3.74. The minimum Gasteiger partial charge on any atom is -0.450 e. The number of ketones is 1. The fourth-order valence-electron chi connectivity index (χ4n) is 2.62. The Balaban J connectivity index is 1.67. The van der Waals surface area contributed by atoms with Gasteiger partial charge < -0.3 is 9.15 Å². The van der Waals surface area contributed by atoms with Crippen molar-refractivity contribution in [3.05, 3.63) is 35.8 Å². The van der Waals surface area contributed by atoms with E-state index in [-0.39, 0.29) is 23.2 Å². The smallest absolute Gasteiger partial charge is 0.198 e. The fraction of sp³-hybridized carbons (Fsp3) is 0.438. The zero-order chi connectivity index (χ0) is 13.9. The summed E-state index contributed by atoms with van der Waals surface area (Å²) in [5, 5.41) is 0.627. The molecule has 2 heterocycles. The van der Waals surface area contributed by atoms with Gasteiger partial charge in [0.15, 0.2) is 22.9 Å². The van der Waals surface area contributed by atoms with Crippen molar-refractivity contribution in [3.63, 3.8) is 0 Å². The number of hydrogen-bond donors (Lipinski definition) is 0. The van der Waals surface area contributed by atoms with Gasteiger partial charge in [0.05, 0.1) is 6.10 Å². The highest BCUT2D eigenvalue weighted by Gasteiger charge is 2.18. The lowest BCUT2D eigenvalue weighted by atomic mass is 10.0. The summed E-state index contributed by atoms with van der Waals surface area (Å²) >= 11 is 0. The molecule has 0 bridgehead atoms. The van der Waals surface area contributed by atoms with Crippen LogP contribution < -0.4 is 0 Å². The van der Waals surface area contributed by atoms with Crippen LogP contribution in [0.2, 0.25) is 0 Å². The molecule has 1 saturated heterocycles. The van der Waals surface area contributed by atoms with Crippen LogP contribution >= 0.6 is 0 Å². The van der Waals surface area contributed by atoms with E-state index in [1.807, 2.05) is 0 Å². The molecule has 106 valence electrons. The van der Waals surface area contributed by atoms with Crippen LogP contribution in [0.1, 0.15) is 42.7 Å². The van der Waals surface area contributed by atoms with Crippen molar-refractivity contribution in [2.75, 3.05) is 6.61 Å². The van der Waals surface area contributed by atoms with Crippen molar-refractivity contribution < 1.29 is 18.3 Å². The van der Waals surface area contributed by atoms with E-state index in [1.165, 1.54) is 6.07 Å². The molecule has 1 atom stereocenters. The average Bonchev–Trinajstić information content (AvgIpc) is 2.91. The molecule has 4 heteroatoms. The van der Waals surface area contributed by atoms with Crippen LogP contribution in [-0.4, -0.2) is 18.5 Å². The molecular weight excluding hydrogens is 259 g/mol. The molecule has 1 unspecified atom stereocenters. The van der Waals surface area contributed by atoms with Gasteiger partial charge in [0.2, 0.25) is 0 Å². The second-order valence-corrected chi connectivity index (χ2v) is 5.22. The Morgan fingerprint density at radius 1 is 1.35 bits per heavy atom. The zero-order valence-electron chi connectivity index (χ0n) is 11.2. The molecule has 0 aliphatic carbocycles. The Morgan fingerprint density at radius 2 is 2.25 bits per heavy atom. The molecule has 0 radical (unpaired) electrons. The van der Waals surface area contributed by atoms with Crippen molar-refractivity contribution in [2.45, 2.75) is 38.2 Å². The summed E-state index contributed by atoms with van der Waals surface area (Å²) in [6.45, 7) is 0.786. The number of halogens is 1. The topological polar surface area (TPSA) is 39.4 Å². The highest BCUT2D eigenvalue weighted by Crippen LogP contribution is 2.24. The van der Waals surface area contributed by atoms with E-state index in [2.05, 4.69) is 0 Å². The predicted molar refractivity (Wildman–Crippen MR) is 73.3 cm³/mol. The molecule has 3 rings (SSSR count). The number of carbonyl (C=O) groups is 1. The van der Waals surface area contributed by atoms with E-state index in [0.717, 1.165) is 25.9 Å². The number of fused-ring (bicyclic) bond motifs is 1. The standard InChI is InChI=1S/C16H17FO3/c17-13-6-3-4-11-10-15(20-16(11)13)14(18)8-7-12-5-1-2-9-19-12/h3-4,6,10,12H,1-2,5,7-9H2. The van der Waals surface area contributed by atoms with Crippen LogP contribution in [0.15, 0.2) is 28.7 Å². The van der Waals surface area contributed by atoms with Crippen LogP contribution in [0.3, 0.4) is 0 Å². The molecule has 3 nitrogen and oxygen atoms in total. The third kappa shape index (κ3) is 2.75. The third-order valence-corrected chi connectivity index (χ3v) is 3.74. The first-order chi connectivity index (χ1) is 9.74. The summed E-state index contributed by atoms with van der Waals surface area (Å²) < 4.78 is 24.4. The molecule has 1 aliphatic heterocycles. The van der Waals surface area contributed by atoms with Gasteiger partial charge in [-0.05, 0) is 37.8 Å². The van der Waals surface area contributed by atoms with Gasteiger partial charge >= 0.3 is 0 Å². The van der Waals surface area contributed by atoms with Crippen molar-refractivity contribution in [1.29, 1.82) is 0 Å². The molecule has 1 aromatic heterocycles. The van der Waals surface area contributed by atoms with Crippen LogP contribution in [0, 0.1) is 5.82 Å². The van der Waals surface area contributed by atoms with Crippen molar-refractivity contribution >= 4 is 16.8 Å². The maximum absolute atomic E-state index is 13.5. The van der Waals surface area contributed by atoms with Gasteiger partial charge in [0, 0.05) is 18.4 Å². The van der Waals surface area contributed by atoms with Gasteiger partial charge in [0.1, 0.15) is 0 Å². The van der Waals surface area contributed by atoms with Gasteiger partial charge in [0.25, 0.3) is 0 Å². The number of furan rings is 1. The van der Waals surface area contributed by atoms with Gasteiger partial charge in [-0.25, -0.2) is 4.39 Å². The number of benzene rings is 1. The Bertz CT molecular complexity index is 611. The van der Waals surface area contributed by atoms with E-state index in [1.54, 1.807) is 18.2 Å². The Labute approximate surface area is 116 Å². The molecule has 0 saturated carbocycles. The molecule has 0 N–H and O–H groups in total. The minimum absolute atomic E-state index is 0.0882. The number of carbonyl (C=O) groups excluding carboxylic acids is 1. The lowest BCUT2D eigenvalue weighted by Crippen LogP contribution is -2.19. The first-order valence-electron chi connectivity index (χ1n) is 7.07. The number of ether oxygens (including phenoxy) is 1. The maximum atomic E-state index is 13.5. The Hall–Kier alpha value is -1.68. The zero-order valence-corrected chi connectivity index (χ0v) is 11.2. The van der Waals surface area contributed by atoms with E-state index in [9.17, 15) is 9.18 Å². The summed E-state index contributed by atoms with van der Waals surface area (Å²) in [6.07, 6.45) is 4.54. The highest BCUT2D eigenvalue weighted by molar-refractivity contribution is 5.97. The summed E-state index contributed by atoms with van der Waals surface area (Å²) in [5.41, 5.74) is 0.157. The van der Waals surface area contributed by atoms with E-state index in [0.29, 0.717) is 18.2 Å². The average molecular weight is 276 g/mol. The van der Waals surface area contributed by atoms with Gasteiger partial charge in [-0.3, -0.25) is 4.79 Å². The number of rotatable bonds is 4. The summed E-state index contributed by atoms with van der Waals surface area (Å²) in [6, 6.07) is 6.29. The fourth-order valence-corrected chi connectivity index (χ4v) is 2.62. The predicted octanol–water partition coefficient (Wildman–Crippen LogP) is 4.10. The second-order valence-electron chi connectivity index (χ2n) is 5.22. The van der Waals surface area contributed by atoms with Crippen LogP contribution in [-0.2, 0) is 4.74 Å². The van der Waals surface area contributed by atoms with Crippen LogP contribution in [0.4, 0.5) is 4.39 Å². The van der Waals surface area contributed by atoms with Crippen LogP contribution in [0.25, 0.3) is 11.0 Å². The SMILES string of the molecule is O=C(CCC1CCCCO1)c1cc2cccc(F)c2o1. The lowest BCUT2D eigenvalue weighted by molar-refractivity contribution is 0.0103. The van der Waals surface area contributed by atoms with Crippen LogP contribution in [0.5, 0.6) is 0 Å². The molecule has 0 amide bonds. The normalized spacial score (nSPS) is 19.4. The first kappa shape index (κ1) is 13.3. The van der Waals surface area contributed by atoms with Gasteiger partial charge in [-0.15, -0.1) is 0 Å². The number of hydrogen-bond acceptors (Lipinski definition) is 3. The quantitative estimate of drug-likeness (QED) is 0.789. The minimum atomic E-state index is -0.433. The first-order valence-corrected chi connectivity index (χ1v) is 7.07. The Morgan fingerprint density at radius 3 is 3.00 bits per heavy atom. The van der Waals surface area contributed by atoms with Crippen molar-refractivity contribution in [3.8, 4) is 0 Å². The largest absolute Gasteiger partial charge is 0.450 e. The monoisotopic (exact) mass is 276 g/mol. The summed E-state index contributed by atoms with van der Waals surface area (Å²) in [4.78, 5) is 12.1. The summed E-state index contributed by atoms with van der Waals surface area (Å²) in [5.74, 6) is -0.284. The van der Waals surface area contributed by atoms with Crippen molar-refractivity contribution in [1.82, 2.24) is 0 Å². The number of Topliss-reactive ketones (excluding diaryl/α,β-unsaturated/α-hetero) is 1. The molecule has 2 aromatic rings. The molecule has 0 spiro atoms. The second kappa shape index (κ2) is 5.75. The van der Waals surface area contributed by atoms with E-state index in [4.69, 9.17) is 9.15 Å². The van der Waals surface area contributed by atoms with Gasteiger partial charge in [-0.1, -0.05) is 12.1 Å². The molecule has 20 heavy (non-hydrogen) atoms. The Kier molecular flexibility index (Phi) is 3.83. The number of para-hydroxylation sites is 1. The lowest BCUT2D eigenvalue weighted by Gasteiger charge is -2.21. The molecular formula is C16H17FO3. The molecule has 1 aromatic carbocycles. The molecule has 1 fully saturated rings. The summed E-state index contributed by atoms with van der Waals surface area (Å²) in [7, 11) is 0.